The SMILES string of the molecule is C=CCNc1nn2c3c(cnc2c1S(=O)(=O)CCCCC)CCCCC3. The summed E-state index contributed by atoms with van der Waals surface area (Å²) in [4.78, 5) is 4.75. The Hall–Kier alpha value is -1.89. The Balaban J connectivity index is 2.13. The molecule has 0 unspecified atom stereocenters. The highest BCUT2D eigenvalue weighted by Crippen LogP contribution is 2.30. The van der Waals surface area contributed by atoms with Crippen LogP contribution in [0.15, 0.2) is 23.7 Å². The fraction of sp³-hybridized carbons (Fsp3) is 0.579. The van der Waals surface area contributed by atoms with E-state index < -0.39 is 9.84 Å². The molecule has 0 aliphatic heterocycles. The highest BCUT2D eigenvalue weighted by molar-refractivity contribution is 7.91. The topological polar surface area (TPSA) is 76.4 Å². The molecule has 7 heteroatoms. The molecule has 0 atom stereocenters. The molecule has 1 aliphatic rings. The van der Waals surface area contributed by atoms with Gasteiger partial charge in [0.05, 0.1) is 5.75 Å². The van der Waals surface area contributed by atoms with Crippen LogP contribution in [0.5, 0.6) is 0 Å². The van der Waals surface area contributed by atoms with Crippen LogP contribution in [0.25, 0.3) is 5.65 Å². The van der Waals surface area contributed by atoms with E-state index in [1.165, 1.54) is 12.0 Å². The molecule has 0 saturated heterocycles. The number of sulfone groups is 1. The van der Waals surface area contributed by atoms with E-state index in [1.807, 2.05) is 6.20 Å². The number of nitrogens with zero attached hydrogens (tertiary/aromatic N) is 3. The van der Waals surface area contributed by atoms with Crippen molar-refractivity contribution >= 4 is 21.3 Å². The van der Waals surface area contributed by atoms with Crippen molar-refractivity contribution in [2.75, 3.05) is 17.6 Å². The normalized spacial score (nSPS) is 14.8. The number of nitrogens with one attached hydrogen (secondary N) is 1. The predicted octanol–water partition coefficient (Wildman–Crippen LogP) is 3.56. The quantitative estimate of drug-likeness (QED) is 0.433. The van der Waals surface area contributed by atoms with E-state index in [1.54, 1.807) is 10.6 Å². The van der Waals surface area contributed by atoms with E-state index in [9.17, 15) is 8.42 Å². The van der Waals surface area contributed by atoms with E-state index in [4.69, 9.17) is 0 Å². The lowest BCUT2D eigenvalue weighted by Crippen LogP contribution is -2.11. The van der Waals surface area contributed by atoms with Crippen molar-refractivity contribution in [1.82, 2.24) is 14.6 Å². The third-order valence-corrected chi connectivity index (χ3v) is 6.71. The summed E-state index contributed by atoms with van der Waals surface area (Å²) in [5, 5.41) is 7.72. The first-order valence-electron chi connectivity index (χ1n) is 9.55. The lowest BCUT2D eigenvalue weighted by Gasteiger charge is -2.08. The zero-order valence-electron chi connectivity index (χ0n) is 15.5. The second-order valence-corrected chi connectivity index (χ2v) is 8.95. The second kappa shape index (κ2) is 8.20. The Morgan fingerprint density at radius 1 is 1.27 bits per heavy atom. The van der Waals surface area contributed by atoms with E-state index in [2.05, 4.69) is 28.9 Å². The van der Waals surface area contributed by atoms with Gasteiger partial charge in [0.2, 0.25) is 0 Å². The summed E-state index contributed by atoms with van der Waals surface area (Å²) in [6.07, 6.45) is 11.4. The largest absolute Gasteiger partial charge is 0.364 e. The minimum atomic E-state index is -3.46. The summed E-state index contributed by atoms with van der Waals surface area (Å²) in [7, 11) is -3.46. The third kappa shape index (κ3) is 3.77. The smallest absolute Gasteiger partial charge is 0.185 e. The van der Waals surface area contributed by atoms with Crippen molar-refractivity contribution in [1.29, 1.82) is 0 Å². The van der Waals surface area contributed by atoms with Crippen molar-refractivity contribution in [3.8, 4) is 0 Å². The maximum atomic E-state index is 13.0. The van der Waals surface area contributed by atoms with Crippen molar-refractivity contribution in [2.24, 2.45) is 0 Å². The average Bonchev–Trinajstić information content (AvgIpc) is 2.83. The molecule has 2 aromatic rings. The van der Waals surface area contributed by atoms with Gasteiger partial charge in [-0.3, -0.25) is 0 Å². The number of aromatic nitrogens is 3. The van der Waals surface area contributed by atoms with Gasteiger partial charge in [-0.05, 0) is 37.7 Å². The number of fused-ring (bicyclic) bond motifs is 3. The molecule has 0 radical (unpaired) electrons. The Kier molecular flexibility index (Phi) is 5.96. The number of hydrogen-bond acceptors (Lipinski definition) is 5. The van der Waals surface area contributed by atoms with E-state index >= 15 is 0 Å². The van der Waals surface area contributed by atoms with Gasteiger partial charge in [-0.25, -0.2) is 17.9 Å². The monoisotopic (exact) mass is 376 g/mol. The first kappa shape index (κ1) is 18.9. The first-order chi connectivity index (χ1) is 12.6. The van der Waals surface area contributed by atoms with Crippen LogP contribution in [0.1, 0.15) is 56.7 Å². The van der Waals surface area contributed by atoms with Crippen LogP contribution in [0.4, 0.5) is 5.82 Å². The molecule has 6 nitrogen and oxygen atoms in total. The summed E-state index contributed by atoms with van der Waals surface area (Å²) in [5.74, 6) is 0.524. The maximum absolute atomic E-state index is 13.0. The highest BCUT2D eigenvalue weighted by Gasteiger charge is 2.28. The molecule has 0 fully saturated rings. The average molecular weight is 377 g/mol. The van der Waals surface area contributed by atoms with Gasteiger partial charge in [0.1, 0.15) is 0 Å². The molecular weight excluding hydrogens is 348 g/mol. The molecule has 1 aliphatic carbocycles. The molecule has 0 amide bonds. The van der Waals surface area contributed by atoms with Gasteiger partial charge in [-0.15, -0.1) is 11.7 Å². The van der Waals surface area contributed by atoms with Gasteiger partial charge >= 0.3 is 0 Å². The minimum Gasteiger partial charge on any atom is -0.364 e. The van der Waals surface area contributed by atoms with Crippen LogP contribution in [-0.4, -0.2) is 35.3 Å². The van der Waals surface area contributed by atoms with Gasteiger partial charge in [-0.1, -0.05) is 32.3 Å². The molecule has 3 rings (SSSR count). The summed E-state index contributed by atoms with van der Waals surface area (Å²) >= 11 is 0. The predicted molar refractivity (Wildman–Crippen MR) is 105 cm³/mol. The molecule has 2 heterocycles. The van der Waals surface area contributed by atoms with Crippen LogP contribution in [-0.2, 0) is 22.7 Å². The fourth-order valence-electron chi connectivity index (χ4n) is 3.52. The van der Waals surface area contributed by atoms with Crippen molar-refractivity contribution in [2.45, 2.75) is 63.2 Å². The first-order valence-corrected chi connectivity index (χ1v) is 11.2. The molecular formula is C19H28N4O2S. The van der Waals surface area contributed by atoms with Crippen LogP contribution >= 0.6 is 0 Å². The summed E-state index contributed by atoms with van der Waals surface area (Å²) in [5.41, 5.74) is 2.74. The molecule has 26 heavy (non-hydrogen) atoms. The van der Waals surface area contributed by atoms with E-state index in [0.717, 1.165) is 44.2 Å². The molecule has 0 bridgehead atoms. The third-order valence-electron chi connectivity index (χ3n) is 4.89. The zero-order chi connectivity index (χ0) is 18.6. The number of unbranched alkanes of at least 4 members (excludes halogenated alkanes) is 2. The standard InChI is InChI=1S/C19H28N4O2S/c1-3-5-9-13-26(24,25)17-18(20-12-4-2)22-23-16-11-8-6-7-10-15(16)14-21-19(17)23/h4,14H,2-3,5-13H2,1H3,(H,20,22). The Morgan fingerprint density at radius 3 is 2.85 bits per heavy atom. The van der Waals surface area contributed by atoms with Gasteiger partial charge in [0.25, 0.3) is 0 Å². The van der Waals surface area contributed by atoms with Gasteiger partial charge in [0.15, 0.2) is 26.2 Å². The molecule has 1 N–H and O–H groups in total. The molecule has 0 aromatic carbocycles. The van der Waals surface area contributed by atoms with Gasteiger partial charge in [-0.2, -0.15) is 0 Å². The molecule has 2 aromatic heterocycles. The second-order valence-electron chi connectivity index (χ2n) is 6.90. The van der Waals surface area contributed by atoms with E-state index in [-0.39, 0.29) is 10.6 Å². The van der Waals surface area contributed by atoms with Crippen LogP contribution < -0.4 is 5.32 Å². The molecule has 0 spiro atoms. The number of anilines is 1. The fourth-order valence-corrected chi connectivity index (χ4v) is 5.13. The summed E-state index contributed by atoms with van der Waals surface area (Å²) in [6, 6.07) is 0. The maximum Gasteiger partial charge on any atom is 0.185 e. The van der Waals surface area contributed by atoms with Crippen LogP contribution in [0.3, 0.4) is 0 Å². The Morgan fingerprint density at radius 2 is 2.08 bits per heavy atom. The van der Waals surface area contributed by atoms with Crippen molar-refractivity contribution in [3.63, 3.8) is 0 Å². The highest BCUT2D eigenvalue weighted by atomic mass is 32.2. The Bertz CT molecular complexity index is 887. The minimum absolute atomic E-state index is 0.129. The zero-order valence-corrected chi connectivity index (χ0v) is 16.3. The van der Waals surface area contributed by atoms with Crippen LogP contribution in [0, 0.1) is 0 Å². The molecule has 0 saturated carbocycles. The van der Waals surface area contributed by atoms with Gasteiger partial charge < -0.3 is 5.32 Å². The van der Waals surface area contributed by atoms with Gasteiger partial charge in [0, 0.05) is 18.4 Å². The summed E-state index contributed by atoms with van der Waals surface area (Å²) in [6.45, 7) is 6.23. The number of rotatable bonds is 8. The lowest BCUT2D eigenvalue weighted by molar-refractivity contribution is 0.592. The lowest BCUT2D eigenvalue weighted by atomic mass is 10.1. The number of hydrogen-bond donors (Lipinski definition) is 1. The van der Waals surface area contributed by atoms with Crippen molar-refractivity contribution in [3.05, 3.63) is 30.1 Å². The summed E-state index contributed by atoms with van der Waals surface area (Å²) < 4.78 is 27.8. The van der Waals surface area contributed by atoms with E-state index in [0.29, 0.717) is 24.4 Å². The van der Waals surface area contributed by atoms with Crippen LogP contribution in [0.2, 0.25) is 0 Å². The molecule has 142 valence electrons. The number of aryl methyl sites for hydroxylation is 2. The van der Waals surface area contributed by atoms with Crippen molar-refractivity contribution < 1.29 is 8.42 Å². The Labute approximate surface area is 155 Å².